The van der Waals surface area contributed by atoms with Crippen molar-refractivity contribution in [2.75, 3.05) is 0 Å². The summed E-state index contributed by atoms with van der Waals surface area (Å²) in [6.45, 7) is 4.36. The molecule has 0 fully saturated rings. The molecular weight excluding hydrogens is 216 g/mol. The normalized spacial score (nSPS) is 9.13. The molecule has 1 rings (SSSR count). The van der Waals surface area contributed by atoms with Crippen LogP contribution in [0, 0.1) is 6.92 Å². The van der Waals surface area contributed by atoms with Gasteiger partial charge in [0.1, 0.15) is 0 Å². The van der Waals surface area contributed by atoms with E-state index < -0.39 is 15.5 Å². The number of unbranched alkanes of at least 4 members (excludes halogenated alkanes) is 1. The van der Waals surface area contributed by atoms with Crippen LogP contribution >= 0.6 is 0 Å². The van der Waals surface area contributed by atoms with Crippen molar-refractivity contribution in [2.24, 2.45) is 0 Å². The Kier molecular flexibility index (Phi) is 8.55. The molecule has 4 heteroatoms. The lowest BCUT2D eigenvalue weighted by Gasteiger charge is -1.99. The fraction of sp³-hybridized carbons (Fsp3) is 0.455. The predicted octanol–water partition coefficient (Wildman–Crippen LogP) is 4.22. The fourth-order valence-corrected chi connectivity index (χ4v) is 1.14. The summed E-state index contributed by atoms with van der Waals surface area (Å²) in [7, 11) is 0. The standard InChI is InChI=1S/C11H16.Al.3FH/c1-3-4-5-11-8-6-10(2)7-9-11;;;;/h6-9H,3-5H2,1-2H3;;3*1H/q;+3;;;/p-3. The summed E-state index contributed by atoms with van der Waals surface area (Å²) in [5.41, 5.74) is 2.82. The van der Waals surface area contributed by atoms with Gasteiger partial charge in [0, 0.05) is 0 Å². The molecule has 0 aromatic heterocycles. The molecule has 0 unspecified atom stereocenters. The molecule has 0 saturated carbocycles. The summed E-state index contributed by atoms with van der Waals surface area (Å²) in [5.74, 6) is 0. The molecule has 0 N–H and O–H groups in total. The Balaban J connectivity index is 0.000000423. The lowest BCUT2D eigenvalue weighted by atomic mass is 10.1. The number of rotatable bonds is 3. The van der Waals surface area contributed by atoms with Gasteiger partial charge in [-0.3, -0.25) is 0 Å². The molecule has 0 spiro atoms. The highest BCUT2D eigenvalue weighted by Crippen LogP contribution is 2.06. The zero-order valence-corrected chi connectivity index (χ0v) is 10.3. The average molecular weight is 232 g/mol. The van der Waals surface area contributed by atoms with E-state index in [4.69, 9.17) is 0 Å². The van der Waals surface area contributed by atoms with Gasteiger partial charge in [-0.25, -0.2) is 0 Å². The van der Waals surface area contributed by atoms with Crippen LogP contribution in [0.25, 0.3) is 0 Å². The van der Waals surface area contributed by atoms with Crippen molar-refractivity contribution >= 4 is 15.5 Å². The van der Waals surface area contributed by atoms with Gasteiger partial charge in [-0.1, -0.05) is 43.2 Å². The summed E-state index contributed by atoms with van der Waals surface area (Å²) in [6.07, 6.45) is 3.83. The second-order valence-electron chi connectivity index (χ2n) is 3.34. The van der Waals surface area contributed by atoms with Crippen LogP contribution in [-0.2, 0) is 6.42 Å². The van der Waals surface area contributed by atoms with Gasteiger partial charge in [0.25, 0.3) is 0 Å². The molecule has 0 aliphatic carbocycles. The molecule has 0 heterocycles. The van der Waals surface area contributed by atoms with Crippen LogP contribution in [0.4, 0.5) is 10.6 Å². The number of benzene rings is 1. The van der Waals surface area contributed by atoms with Crippen molar-refractivity contribution < 1.29 is 10.6 Å². The Morgan fingerprint density at radius 1 is 1.07 bits per heavy atom. The number of hydrogen-bond donors (Lipinski definition) is 0. The van der Waals surface area contributed by atoms with E-state index in [1.165, 1.54) is 30.4 Å². The Morgan fingerprint density at radius 3 is 1.93 bits per heavy atom. The van der Waals surface area contributed by atoms with Gasteiger partial charge >= 0.3 is 15.5 Å². The highest BCUT2D eigenvalue weighted by atomic mass is 27.3. The monoisotopic (exact) mass is 232 g/mol. The first-order valence-electron chi connectivity index (χ1n) is 5.04. The lowest BCUT2D eigenvalue weighted by Crippen LogP contribution is -1.83. The average Bonchev–Trinajstić information content (AvgIpc) is 2.16. The fourth-order valence-electron chi connectivity index (χ4n) is 1.14. The van der Waals surface area contributed by atoms with Crippen molar-refractivity contribution in [1.29, 1.82) is 0 Å². The molecule has 1 aromatic rings. The SMILES string of the molecule is CCCCc1ccc(C)cc1.[F][Al]([F])[F]. The van der Waals surface area contributed by atoms with E-state index in [9.17, 15) is 10.6 Å². The summed E-state index contributed by atoms with van der Waals surface area (Å²) in [6, 6.07) is 8.83. The minimum Gasteiger partial charge on any atom is -0.346 e. The van der Waals surface area contributed by atoms with Gasteiger partial charge in [-0.05, 0) is 25.3 Å². The molecule has 0 radical (unpaired) electrons. The lowest BCUT2D eigenvalue weighted by molar-refractivity contribution is 0.535. The van der Waals surface area contributed by atoms with E-state index in [1.807, 2.05) is 0 Å². The quantitative estimate of drug-likeness (QED) is 0.684. The van der Waals surface area contributed by atoms with Gasteiger partial charge in [-0.15, -0.1) is 0 Å². The van der Waals surface area contributed by atoms with Gasteiger partial charge < -0.3 is 10.6 Å². The minimum absolute atomic E-state index is 1.23. The third kappa shape index (κ3) is 9.84. The van der Waals surface area contributed by atoms with Crippen molar-refractivity contribution in [3.63, 3.8) is 0 Å². The molecule has 0 amide bonds. The maximum Gasteiger partial charge on any atom is 1.04 e. The third-order valence-corrected chi connectivity index (χ3v) is 1.94. The van der Waals surface area contributed by atoms with Crippen LogP contribution in [0.1, 0.15) is 30.9 Å². The molecule has 0 aliphatic rings. The van der Waals surface area contributed by atoms with Gasteiger partial charge in [0.2, 0.25) is 0 Å². The summed E-state index contributed by atoms with van der Waals surface area (Å²) >= 11 is -4.64. The third-order valence-electron chi connectivity index (χ3n) is 1.94. The van der Waals surface area contributed by atoms with Crippen LogP contribution < -0.4 is 0 Å². The second-order valence-corrected chi connectivity index (χ2v) is 3.83. The maximum atomic E-state index is 9.81. The Morgan fingerprint density at radius 2 is 1.53 bits per heavy atom. The topological polar surface area (TPSA) is 0 Å². The van der Waals surface area contributed by atoms with Gasteiger partial charge in [-0.2, -0.15) is 0 Å². The van der Waals surface area contributed by atoms with E-state index in [1.54, 1.807) is 0 Å². The minimum atomic E-state index is -4.64. The Bertz CT molecular complexity index is 244. The first kappa shape index (κ1) is 14.5. The largest absolute Gasteiger partial charge is 1.04 e. The summed E-state index contributed by atoms with van der Waals surface area (Å²) < 4.78 is 29.4. The van der Waals surface area contributed by atoms with Gasteiger partial charge in [0.05, 0.1) is 0 Å². The van der Waals surface area contributed by atoms with Crippen molar-refractivity contribution in [1.82, 2.24) is 0 Å². The van der Waals surface area contributed by atoms with E-state index in [-0.39, 0.29) is 0 Å². The Labute approximate surface area is 94.9 Å². The molecule has 0 saturated heterocycles. The molecule has 15 heavy (non-hydrogen) atoms. The zero-order chi connectivity index (χ0) is 11.7. The van der Waals surface area contributed by atoms with Crippen molar-refractivity contribution in [2.45, 2.75) is 33.1 Å². The van der Waals surface area contributed by atoms with Crippen LogP contribution in [-0.4, -0.2) is 15.5 Å². The first-order valence-corrected chi connectivity index (χ1v) is 6.35. The molecular formula is C11H16AlF3. The van der Waals surface area contributed by atoms with E-state index >= 15 is 0 Å². The predicted molar refractivity (Wildman–Crippen MR) is 58.9 cm³/mol. The summed E-state index contributed by atoms with van der Waals surface area (Å²) in [5, 5.41) is 0. The van der Waals surface area contributed by atoms with Crippen LogP contribution in [0.15, 0.2) is 24.3 Å². The van der Waals surface area contributed by atoms with E-state index in [2.05, 4.69) is 38.1 Å². The smallest absolute Gasteiger partial charge is 0.346 e. The summed E-state index contributed by atoms with van der Waals surface area (Å²) in [4.78, 5) is 0. The second kappa shape index (κ2) is 8.82. The number of halogens is 3. The molecule has 0 aliphatic heterocycles. The van der Waals surface area contributed by atoms with Gasteiger partial charge in [0.15, 0.2) is 0 Å². The highest BCUT2D eigenvalue weighted by Gasteiger charge is 2.21. The molecule has 0 nitrogen and oxygen atoms in total. The van der Waals surface area contributed by atoms with E-state index in [0.717, 1.165) is 0 Å². The molecule has 0 atom stereocenters. The molecule has 84 valence electrons. The Hall–Kier alpha value is -0.458. The zero-order valence-electron chi connectivity index (χ0n) is 9.14. The van der Waals surface area contributed by atoms with E-state index in [0.29, 0.717) is 0 Å². The number of aryl methyl sites for hydroxylation is 2. The van der Waals surface area contributed by atoms with Crippen LogP contribution in [0.3, 0.4) is 0 Å². The first-order chi connectivity index (χ1) is 7.06. The number of hydrogen-bond acceptors (Lipinski definition) is 0. The highest BCUT2D eigenvalue weighted by molar-refractivity contribution is 6.33. The van der Waals surface area contributed by atoms with Crippen LogP contribution in [0.5, 0.6) is 0 Å². The maximum absolute atomic E-state index is 9.81. The van der Waals surface area contributed by atoms with Crippen molar-refractivity contribution in [3.8, 4) is 0 Å². The molecule has 1 aromatic carbocycles. The van der Waals surface area contributed by atoms with Crippen molar-refractivity contribution in [3.05, 3.63) is 35.4 Å². The molecule has 0 bridgehead atoms. The van der Waals surface area contributed by atoms with Crippen LogP contribution in [0.2, 0.25) is 0 Å².